The van der Waals surface area contributed by atoms with Crippen LogP contribution >= 0.6 is 0 Å². The van der Waals surface area contributed by atoms with Crippen LogP contribution in [0.4, 0.5) is 4.79 Å². The summed E-state index contributed by atoms with van der Waals surface area (Å²) in [6.45, 7) is 6.12. The minimum Gasteiger partial charge on any atom is -0.469 e. The minimum absolute atomic E-state index is 0.0207. The summed E-state index contributed by atoms with van der Waals surface area (Å²) in [6.07, 6.45) is 3.61. The zero-order chi connectivity index (χ0) is 31.0. The third kappa shape index (κ3) is 14.6. The number of aliphatic hydroxyl groups excluding tert-OH is 1. The van der Waals surface area contributed by atoms with Gasteiger partial charge in [-0.05, 0) is 45.1 Å². The SMILES string of the molecule is COC(=O)CC[C@H](NC(=O)CC(O)C(CC1CCCCC1)NC(=O)OC(C)(C)C)C(=O)NCCOCc1ccccc1. The smallest absolute Gasteiger partial charge is 0.407 e. The second kappa shape index (κ2) is 18.4. The van der Waals surface area contributed by atoms with Gasteiger partial charge in [-0.1, -0.05) is 62.4 Å². The monoisotopic (exact) mass is 591 g/mol. The zero-order valence-electron chi connectivity index (χ0n) is 25.5. The summed E-state index contributed by atoms with van der Waals surface area (Å²) in [5.41, 5.74) is 0.294. The minimum atomic E-state index is -1.20. The number of alkyl carbamates (subject to hydrolysis) is 1. The highest BCUT2D eigenvalue weighted by molar-refractivity contribution is 5.88. The van der Waals surface area contributed by atoms with Gasteiger partial charge in [-0.2, -0.15) is 0 Å². The van der Waals surface area contributed by atoms with Crippen LogP contribution < -0.4 is 16.0 Å². The van der Waals surface area contributed by atoms with E-state index in [9.17, 15) is 24.3 Å². The summed E-state index contributed by atoms with van der Waals surface area (Å²) in [5, 5.41) is 19.2. The molecule has 0 spiro atoms. The van der Waals surface area contributed by atoms with Gasteiger partial charge in [0.25, 0.3) is 0 Å². The molecule has 3 atom stereocenters. The largest absolute Gasteiger partial charge is 0.469 e. The Balaban J connectivity index is 1.95. The van der Waals surface area contributed by atoms with Gasteiger partial charge in [0.15, 0.2) is 0 Å². The number of nitrogens with one attached hydrogen (secondary N) is 3. The van der Waals surface area contributed by atoms with Crippen LogP contribution in [-0.4, -0.2) is 73.0 Å². The number of amides is 3. The number of aliphatic hydroxyl groups is 1. The molecule has 1 aromatic rings. The van der Waals surface area contributed by atoms with Crippen molar-refractivity contribution in [3.63, 3.8) is 0 Å². The van der Waals surface area contributed by atoms with Crippen molar-refractivity contribution >= 4 is 23.9 Å². The van der Waals surface area contributed by atoms with E-state index < -0.39 is 47.7 Å². The molecule has 11 nitrogen and oxygen atoms in total. The quantitative estimate of drug-likeness (QED) is 0.169. The normalized spacial score (nSPS) is 16.0. The van der Waals surface area contributed by atoms with Crippen LogP contribution in [-0.2, 0) is 35.2 Å². The van der Waals surface area contributed by atoms with E-state index in [1.165, 1.54) is 13.5 Å². The highest BCUT2D eigenvalue weighted by Crippen LogP contribution is 2.28. The summed E-state index contributed by atoms with van der Waals surface area (Å²) >= 11 is 0. The van der Waals surface area contributed by atoms with Crippen LogP contribution in [0.25, 0.3) is 0 Å². The second-order valence-electron chi connectivity index (χ2n) is 11.8. The Bertz CT molecular complexity index is 976. The number of hydrogen-bond acceptors (Lipinski definition) is 8. The zero-order valence-corrected chi connectivity index (χ0v) is 25.5. The van der Waals surface area contributed by atoms with Crippen LogP contribution in [0.5, 0.6) is 0 Å². The molecule has 4 N–H and O–H groups in total. The lowest BCUT2D eigenvalue weighted by Gasteiger charge is -2.31. The number of rotatable bonds is 16. The van der Waals surface area contributed by atoms with Crippen LogP contribution in [0.15, 0.2) is 30.3 Å². The number of carbonyl (C=O) groups is 4. The lowest BCUT2D eigenvalue weighted by atomic mass is 9.83. The molecule has 2 unspecified atom stereocenters. The van der Waals surface area contributed by atoms with E-state index in [0.29, 0.717) is 18.9 Å². The molecular formula is C31H49N3O8. The van der Waals surface area contributed by atoms with Gasteiger partial charge in [-0.25, -0.2) is 4.79 Å². The Morgan fingerprint density at radius 1 is 1.02 bits per heavy atom. The van der Waals surface area contributed by atoms with Crippen molar-refractivity contribution < 1.29 is 38.5 Å². The summed E-state index contributed by atoms with van der Waals surface area (Å²) in [7, 11) is 1.25. The molecule has 1 saturated carbocycles. The van der Waals surface area contributed by atoms with E-state index in [0.717, 1.165) is 31.2 Å². The standard InChI is InChI=1S/C31H49N3O8/c1-31(2,3)42-30(39)34-25(19-22-11-7-5-8-12-22)26(35)20-27(36)33-24(15-16-28(37)40-4)29(38)32-17-18-41-21-23-13-9-6-10-14-23/h6,9-10,13-14,22,24-26,35H,5,7-8,11-12,15-21H2,1-4H3,(H,32,38)(H,33,36)(H,34,39)/t24-,25?,26?/m0/s1. The lowest BCUT2D eigenvalue weighted by Crippen LogP contribution is -2.51. The van der Waals surface area contributed by atoms with Crippen LogP contribution in [0, 0.1) is 5.92 Å². The lowest BCUT2D eigenvalue weighted by molar-refractivity contribution is -0.141. The summed E-state index contributed by atoms with van der Waals surface area (Å²) in [6, 6.07) is 7.91. The van der Waals surface area contributed by atoms with E-state index in [4.69, 9.17) is 9.47 Å². The highest BCUT2D eigenvalue weighted by atomic mass is 16.6. The van der Waals surface area contributed by atoms with Crippen molar-refractivity contribution in [1.29, 1.82) is 0 Å². The van der Waals surface area contributed by atoms with Gasteiger partial charge < -0.3 is 35.3 Å². The molecule has 11 heteroatoms. The van der Waals surface area contributed by atoms with E-state index in [1.54, 1.807) is 20.8 Å². The summed E-state index contributed by atoms with van der Waals surface area (Å²) < 4.78 is 15.7. The Kier molecular flexibility index (Phi) is 15.3. The molecular weight excluding hydrogens is 542 g/mol. The van der Waals surface area contributed by atoms with E-state index in [2.05, 4.69) is 20.7 Å². The molecule has 2 rings (SSSR count). The molecule has 0 radical (unpaired) electrons. The van der Waals surface area contributed by atoms with Gasteiger partial charge in [0.05, 0.1) is 38.9 Å². The van der Waals surface area contributed by atoms with E-state index in [1.807, 2.05) is 30.3 Å². The molecule has 0 saturated heterocycles. The molecule has 1 aliphatic carbocycles. The van der Waals surface area contributed by atoms with Crippen molar-refractivity contribution in [1.82, 2.24) is 16.0 Å². The predicted molar refractivity (Wildman–Crippen MR) is 157 cm³/mol. The molecule has 236 valence electrons. The number of methoxy groups -OCH3 is 1. The van der Waals surface area contributed by atoms with E-state index >= 15 is 0 Å². The van der Waals surface area contributed by atoms with Gasteiger partial charge in [0.2, 0.25) is 11.8 Å². The fourth-order valence-electron chi connectivity index (χ4n) is 4.91. The molecule has 1 aliphatic rings. The number of benzene rings is 1. The van der Waals surface area contributed by atoms with Crippen LogP contribution in [0.3, 0.4) is 0 Å². The molecule has 0 heterocycles. The topological polar surface area (TPSA) is 152 Å². The summed E-state index contributed by atoms with van der Waals surface area (Å²) in [4.78, 5) is 50.2. The Labute approximate surface area is 249 Å². The van der Waals surface area contributed by atoms with Crippen molar-refractivity contribution in [2.45, 2.75) is 109 Å². The number of carbonyl (C=O) groups excluding carboxylic acids is 4. The van der Waals surface area contributed by atoms with E-state index in [-0.39, 0.29) is 32.4 Å². The van der Waals surface area contributed by atoms with Crippen molar-refractivity contribution in [3.05, 3.63) is 35.9 Å². The van der Waals surface area contributed by atoms with Gasteiger partial charge in [0.1, 0.15) is 11.6 Å². The fourth-order valence-corrected chi connectivity index (χ4v) is 4.91. The number of ether oxygens (including phenoxy) is 3. The molecule has 1 fully saturated rings. The third-order valence-electron chi connectivity index (χ3n) is 7.05. The Morgan fingerprint density at radius 3 is 2.36 bits per heavy atom. The Hall–Kier alpha value is -3.18. The average Bonchev–Trinajstić information content (AvgIpc) is 2.94. The first-order valence-corrected chi connectivity index (χ1v) is 14.9. The first-order chi connectivity index (χ1) is 20.0. The maximum atomic E-state index is 13.0. The molecule has 0 aliphatic heterocycles. The van der Waals surface area contributed by atoms with Gasteiger partial charge in [-0.3, -0.25) is 14.4 Å². The average molecular weight is 592 g/mol. The molecule has 42 heavy (non-hydrogen) atoms. The van der Waals surface area contributed by atoms with Gasteiger partial charge in [-0.15, -0.1) is 0 Å². The molecule has 0 aromatic heterocycles. The maximum absolute atomic E-state index is 13.0. The van der Waals surface area contributed by atoms with Crippen molar-refractivity contribution in [2.75, 3.05) is 20.3 Å². The fraction of sp³-hybridized carbons (Fsp3) is 0.677. The number of esters is 1. The van der Waals surface area contributed by atoms with Gasteiger partial charge >= 0.3 is 12.1 Å². The first-order valence-electron chi connectivity index (χ1n) is 14.9. The number of hydrogen-bond donors (Lipinski definition) is 4. The molecule has 1 aromatic carbocycles. The third-order valence-corrected chi connectivity index (χ3v) is 7.05. The van der Waals surface area contributed by atoms with Crippen LogP contribution in [0.1, 0.15) is 84.1 Å². The molecule has 0 bridgehead atoms. The second-order valence-corrected chi connectivity index (χ2v) is 11.8. The summed E-state index contributed by atoms with van der Waals surface area (Å²) in [5.74, 6) is -1.25. The maximum Gasteiger partial charge on any atom is 0.407 e. The Morgan fingerprint density at radius 2 is 1.71 bits per heavy atom. The first kappa shape index (κ1) is 35.0. The predicted octanol–water partition coefficient (Wildman–Crippen LogP) is 3.37. The van der Waals surface area contributed by atoms with Crippen molar-refractivity contribution in [2.24, 2.45) is 5.92 Å². The highest BCUT2D eigenvalue weighted by Gasteiger charge is 2.30. The molecule has 3 amide bonds. The van der Waals surface area contributed by atoms with Gasteiger partial charge in [0, 0.05) is 13.0 Å². The van der Waals surface area contributed by atoms with Crippen LogP contribution in [0.2, 0.25) is 0 Å². The van der Waals surface area contributed by atoms with Crippen molar-refractivity contribution in [3.8, 4) is 0 Å².